The molecule has 0 aromatic carbocycles. The largest absolute Gasteiger partial charge is 0.386 e. The number of aliphatic hydroxyl groups excluding tert-OH is 1. The molecule has 0 aromatic rings. The van der Waals surface area contributed by atoms with Crippen LogP contribution >= 0.6 is 15.9 Å². The van der Waals surface area contributed by atoms with Crippen molar-refractivity contribution in [2.45, 2.75) is 12.5 Å². The van der Waals surface area contributed by atoms with Crippen LogP contribution in [0.1, 0.15) is 6.42 Å². The van der Waals surface area contributed by atoms with Crippen molar-refractivity contribution >= 4 is 15.9 Å². The third-order valence-corrected chi connectivity index (χ3v) is 1.26. The second kappa shape index (κ2) is 4.69. The van der Waals surface area contributed by atoms with Gasteiger partial charge in [-0.05, 0) is 6.42 Å². The van der Waals surface area contributed by atoms with Crippen LogP contribution in [0.4, 0.5) is 0 Å². The number of rotatable bonds is 4. The summed E-state index contributed by atoms with van der Waals surface area (Å²) in [4.78, 5) is 9.19. The molecule has 0 radical (unpaired) electrons. The van der Waals surface area contributed by atoms with E-state index in [4.69, 9.17) is 5.11 Å². The molecule has 0 bridgehead atoms. The van der Waals surface area contributed by atoms with Crippen LogP contribution < -0.4 is 0 Å². The summed E-state index contributed by atoms with van der Waals surface area (Å²) >= 11 is 3.06. The average molecular weight is 198 g/mol. The van der Waals surface area contributed by atoms with Crippen LogP contribution in [0.2, 0.25) is 0 Å². The molecule has 0 spiro atoms. The summed E-state index contributed by atoms with van der Waals surface area (Å²) < 4.78 is 0. The van der Waals surface area contributed by atoms with Crippen LogP contribution in [0.25, 0.3) is 0 Å². The Morgan fingerprint density at radius 3 is 2.67 bits per heavy atom. The number of nitrogens with zero attached hydrogens (tertiary/aromatic N) is 1. The lowest BCUT2D eigenvalue weighted by molar-refractivity contribution is -0.490. The van der Waals surface area contributed by atoms with Crippen molar-refractivity contribution in [1.29, 1.82) is 0 Å². The average Bonchev–Trinajstić information content (AvgIpc) is 1.63. The molecule has 0 saturated carbocycles. The molecule has 0 aromatic heterocycles. The molecule has 5 heteroatoms. The van der Waals surface area contributed by atoms with Crippen molar-refractivity contribution in [3.05, 3.63) is 10.1 Å². The molecule has 1 atom stereocenters. The van der Waals surface area contributed by atoms with E-state index in [0.29, 0.717) is 11.8 Å². The summed E-state index contributed by atoms with van der Waals surface area (Å²) in [6.07, 6.45) is -0.375. The molecule has 0 rings (SSSR count). The maximum Gasteiger partial charge on any atom is 0.229 e. The molecule has 0 aliphatic heterocycles. The Kier molecular flexibility index (Phi) is 4.61. The molecule has 0 saturated heterocycles. The van der Waals surface area contributed by atoms with E-state index in [9.17, 15) is 10.1 Å². The highest BCUT2D eigenvalue weighted by molar-refractivity contribution is 9.09. The molecule has 0 amide bonds. The summed E-state index contributed by atoms with van der Waals surface area (Å²) in [5.74, 6) is 0. The van der Waals surface area contributed by atoms with Crippen LogP contribution in [-0.2, 0) is 0 Å². The lowest BCUT2D eigenvalue weighted by atomic mass is 10.3. The van der Waals surface area contributed by atoms with Crippen LogP contribution in [0.3, 0.4) is 0 Å². The number of nitro groups is 1. The fourth-order valence-corrected chi connectivity index (χ4v) is 0.918. The third kappa shape index (κ3) is 5.72. The SMILES string of the molecule is O=[N+]([O-])CC(O)CCBr. The smallest absolute Gasteiger partial charge is 0.229 e. The van der Waals surface area contributed by atoms with Gasteiger partial charge < -0.3 is 5.11 Å². The van der Waals surface area contributed by atoms with Gasteiger partial charge >= 0.3 is 0 Å². The molecular formula is C4H8BrNO3. The van der Waals surface area contributed by atoms with Gasteiger partial charge in [-0.15, -0.1) is 0 Å². The Balaban J connectivity index is 3.26. The van der Waals surface area contributed by atoms with E-state index in [1.54, 1.807) is 0 Å². The number of hydrogen-bond acceptors (Lipinski definition) is 3. The van der Waals surface area contributed by atoms with Gasteiger partial charge in [-0.1, -0.05) is 15.9 Å². The van der Waals surface area contributed by atoms with Crippen molar-refractivity contribution in [2.24, 2.45) is 0 Å². The zero-order chi connectivity index (χ0) is 7.28. The minimum Gasteiger partial charge on any atom is -0.386 e. The molecule has 54 valence electrons. The van der Waals surface area contributed by atoms with Gasteiger partial charge in [0.05, 0.1) is 0 Å². The number of aliphatic hydroxyl groups is 1. The third-order valence-electron chi connectivity index (χ3n) is 0.802. The second-order valence-corrected chi connectivity index (χ2v) is 2.44. The Morgan fingerprint density at radius 2 is 2.33 bits per heavy atom. The van der Waals surface area contributed by atoms with Crippen molar-refractivity contribution < 1.29 is 10.0 Å². The van der Waals surface area contributed by atoms with E-state index in [1.165, 1.54) is 0 Å². The van der Waals surface area contributed by atoms with Crippen molar-refractivity contribution in [3.8, 4) is 0 Å². The standard InChI is InChI=1S/C4H8BrNO3/c5-2-1-4(7)3-6(8)9/h4,7H,1-3H2. The van der Waals surface area contributed by atoms with E-state index in [1.807, 2.05) is 0 Å². The normalized spacial score (nSPS) is 13.1. The maximum atomic E-state index is 9.71. The molecule has 0 aliphatic carbocycles. The summed E-state index contributed by atoms with van der Waals surface area (Å²) in [6, 6.07) is 0. The minimum atomic E-state index is -0.806. The van der Waals surface area contributed by atoms with E-state index < -0.39 is 11.0 Å². The van der Waals surface area contributed by atoms with Crippen molar-refractivity contribution in [1.82, 2.24) is 0 Å². The van der Waals surface area contributed by atoms with Crippen LogP contribution in [0, 0.1) is 10.1 Å². The Morgan fingerprint density at radius 1 is 1.78 bits per heavy atom. The first-order valence-corrected chi connectivity index (χ1v) is 3.64. The van der Waals surface area contributed by atoms with E-state index >= 15 is 0 Å². The molecular weight excluding hydrogens is 190 g/mol. The monoisotopic (exact) mass is 197 g/mol. The van der Waals surface area contributed by atoms with E-state index in [2.05, 4.69) is 15.9 Å². The lowest BCUT2D eigenvalue weighted by Gasteiger charge is -2.00. The number of alkyl halides is 1. The number of halogens is 1. The molecule has 0 aliphatic rings. The predicted molar refractivity (Wildman–Crippen MR) is 36.3 cm³/mol. The molecule has 1 unspecified atom stereocenters. The zero-order valence-corrected chi connectivity index (χ0v) is 6.37. The Labute approximate surface area is 61.1 Å². The van der Waals surface area contributed by atoms with Gasteiger partial charge in [0, 0.05) is 10.3 Å². The lowest BCUT2D eigenvalue weighted by Crippen LogP contribution is -2.19. The number of hydrogen-bond donors (Lipinski definition) is 1. The van der Waals surface area contributed by atoms with Crippen LogP contribution in [0.15, 0.2) is 0 Å². The summed E-state index contributed by atoms with van der Waals surface area (Å²) in [5.41, 5.74) is 0. The van der Waals surface area contributed by atoms with Gasteiger partial charge in [0.25, 0.3) is 0 Å². The second-order valence-electron chi connectivity index (χ2n) is 1.65. The fraction of sp³-hybridized carbons (Fsp3) is 1.00. The van der Waals surface area contributed by atoms with Gasteiger partial charge in [-0.2, -0.15) is 0 Å². The summed E-state index contributed by atoms with van der Waals surface area (Å²) in [7, 11) is 0. The first-order chi connectivity index (χ1) is 4.16. The Bertz CT molecular complexity index is 97.8. The van der Waals surface area contributed by atoms with Crippen LogP contribution in [0.5, 0.6) is 0 Å². The summed E-state index contributed by atoms with van der Waals surface area (Å²) in [5, 5.41) is 19.1. The highest BCUT2D eigenvalue weighted by atomic mass is 79.9. The minimum absolute atomic E-state index is 0.356. The maximum absolute atomic E-state index is 9.71. The molecule has 0 fully saturated rings. The van der Waals surface area contributed by atoms with Crippen molar-refractivity contribution in [2.75, 3.05) is 11.9 Å². The van der Waals surface area contributed by atoms with Gasteiger partial charge in [0.2, 0.25) is 6.54 Å². The topological polar surface area (TPSA) is 63.4 Å². The highest BCUT2D eigenvalue weighted by Crippen LogP contribution is 1.94. The van der Waals surface area contributed by atoms with Gasteiger partial charge in [0.1, 0.15) is 6.10 Å². The highest BCUT2D eigenvalue weighted by Gasteiger charge is 2.08. The first kappa shape index (κ1) is 8.84. The Hall–Kier alpha value is -0.160. The van der Waals surface area contributed by atoms with Crippen molar-refractivity contribution in [3.63, 3.8) is 0 Å². The van der Waals surface area contributed by atoms with E-state index in [0.717, 1.165) is 0 Å². The molecule has 1 N–H and O–H groups in total. The first-order valence-electron chi connectivity index (χ1n) is 2.52. The molecule has 0 heterocycles. The fourth-order valence-electron chi connectivity index (χ4n) is 0.389. The zero-order valence-electron chi connectivity index (χ0n) is 4.79. The molecule has 4 nitrogen and oxygen atoms in total. The summed E-state index contributed by atoms with van der Waals surface area (Å²) in [6.45, 7) is -0.356. The van der Waals surface area contributed by atoms with E-state index in [-0.39, 0.29) is 6.54 Å². The van der Waals surface area contributed by atoms with Gasteiger partial charge in [0.15, 0.2) is 0 Å². The predicted octanol–water partition coefficient (Wildman–Crippen LogP) is 0.409. The quantitative estimate of drug-likeness (QED) is 0.404. The molecule has 9 heavy (non-hydrogen) atoms. The van der Waals surface area contributed by atoms with Gasteiger partial charge in [-0.25, -0.2) is 0 Å². The van der Waals surface area contributed by atoms with Gasteiger partial charge in [-0.3, -0.25) is 10.1 Å². The van der Waals surface area contributed by atoms with Crippen LogP contribution in [-0.4, -0.2) is 28.0 Å².